The smallest absolute Gasteiger partial charge is 0.190 e. The molecule has 1 atom stereocenters. The van der Waals surface area contributed by atoms with Crippen molar-refractivity contribution in [1.82, 2.24) is 0 Å². The summed E-state index contributed by atoms with van der Waals surface area (Å²) in [4.78, 5) is 0. The van der Waals surface area contributed by atoms with E-state index in [0.717, 1.165) is 12.2 Å². The van der Waals surface area contributed by atoms with Gasteiger partial charge in [0.1, 0.15) is 10.8 Å². The van der Waals surface area contributed by atoms with E-state index >= 15 is 0 Å². The molecule has 0 heterocycles. The van der Waals surface area contributed by atoms with Crippen LogP contribution < -0.4 is 4.74 Å². The molecule has 78 valence electrons. The molecule has 0 aliphatic carbocycles. The van der Waals surface area contributed by atoms with Gasteiger partial charge in [0.05, 0.1) is 0 Å². The number of alkyl halides is 1. The van der Waals surface area contributed by atoms with Crippen molar-refractivity contribution in [1.29, 1.82) is 0 Å². The SMILES string of the molecule is CCc1cccc(OCOC(C)Br)c1. The number of benzene rings is 1. The lowest BCUT2D eigenvalue weighted by atomic mass is 10.2. The quantitative estimate of drug-likeness (QED) is 0.596. The van der Waals surface area contributed by atoms with Gasteiger partial charge in [0.2, 0.25) is 0 Å². The van der Waals surface area contributed by atoms with E-state index < -0.39 is 0 Å². The second kappa shape index (κ2) is 6.04. The van der Waals surface area contributed by atoms with Gasteiger partial charge in [-0.1, -0.05) is 35.0 Å². The fraction of sp³-hybridized carbons (Fsp3) is 0.455. The van der Waals surface area contributed by atoms with Crippen LogP contribution in [-0.2, 0) is 11.2 Å². The largest absolute Gasteiger partial charge is 0.468 e. The normalized spacial score (nSPS) is 12.5. The number of hydrogen-bond donors (Lipinski definition) is 0. The number of rotatable bonds is 5. The highest BCUT2D eigenvalue weighted by Crippen LogP contribution is 2.14. The monoisotopic (exact) mass is 258 g/mol. The molecule has 0 spiro atoms. The molecule has 0 saturated carbocycles. The second-order valence-electron chi connectivity index (χ2n) is 2.97. The topological polar surface area (TPSA) is 18.5 Å². The fourth-order valence-corrected chi connectivity index (χ4v) is 1.16. The van der Waals surface area contributed by atoms with Crippen LogP contribution >= 0.6 is 15.9 Å². The Balaban J connectivity index is 2.42. The van der Waals surface area contributed by atoms with Crippen molar-refractivity contribution in [2.75, 3.05) is 6.79 Å². The van der Waals surface area contributed by atoms with E-state index in [1.54, 1.807) is 0 Å². The molecule has 0 radical (unpaired) electrons. The van der Waals surface area contributed by atoms with Crippen molar-refractivity contribution >= 4 is 15.9 Å². The van der Waals surface area contributed by atoms with E-state index in [2.05, 4.69) is 28.9 Å². The third kappa shape index (κ3) is 4.11. The highest BCUT2D eigenvalue weighted by atomic mass is 79.9. The van der Waals surface area contributed by atoms with Gasteiger partial charge in [0.25, 0.3) is 0 Å². The predicted octanol–water partition coefficient (Wildman–Crippen LogP) is 3.34. The van der Waals surface area contributed by atoms with Crippen molar-refractivity contribution < 1.29 is 9.47 Å². The van der Waals surface area contributed by atoms with Gasteiger partial charge in [-0.25, -0.2) is 0 Å². The van der Waals surface area contributed by atoms with Gasteiger partial charge in [-0.05, 0) is 31.0 Å². The van der Waals surface area contributed by atoms with Crippen LogP contribution in [-0.4, -0.2) is 11.8 Å². The third-order valence-corrected chi connectivity index (χ3v) is 2.09. The Kier molecular flexibility index (Phi) is 4.98. The van der Waals surface area contributed by atoms with E-state index in [1.165, 1.54) is 5.56 Å². The minimum atomic E-state index is 0.0249. The van der Waals surface area contributed by atoms with Crippen LogP contribution in [0.5, 0.6) is 5.75 Å². The lowest BCUT2D eigenvalue weighted by Gasteiger charge is -2.09. The van der Waals surface area contributed by atoms with Crippen molar-refractivity contribution in [3.8, 4) is 5.75 Å². The van der Waals surface area contributed by atoms with Crippen LogP contribution in [0.3, 0.4) is 0 Å². The Morgan fingerprint density at radius 1 is 1.43 bits per heavy atom. The van der Waals surface area contributed by atoms with Crippen LogP contribution in [0.25, 0.3) is 0 Å². The van der Waals surface area contributed by atoms with Gasteiger partial charge in [0, 0.05) is 0 Å². The van der Waals surface area contributed by atoms with Crippen molar-refractivity contribution in [3.05, 3.63) is 29.8 Å². The van der Waals surface area contributed by atoms with Gasteiger partial charge in [-0.15, -0.1) is 0 Å². The van der Waals surface area contributed by atoms with Crippen LogP contribution in [0.2, 0.25) is 0 Å². The zero-order chi connectivity index (χ0) is 10.4. The average molecular weight is 259 g/mol. The molecule has 0 bridgehead atoms. The molecule has 0 aliphatic rings. The molecule has 0 fully saturated rings. The molecule has 2 nitrogen and oxygen atoms in total. The number of halogens is 1. The van der Waals surface area contributed by atoms with E-state index in [9.17, 15) is 0 Å². The molecule has 1 rings (SSSR count). The molecule has 1 aromatic rings. The molecule has 3 heteroatoms. The summed E-state index contributed by atoms with van der Waals surface area (Å²) >= 11 is 3.27. The zero-order valence-corrected chi connectivity index (χ0v) is 10.1. The highest BCUT2D eigenvalue weighted by Gasteiger charge is 1.97. The number of aryl methyl sites for hydroxylation is 1. The second-order valence-corrected chi connectivity index (χ2v) is 4.26. The third-order valence-electron chi connectivity index (χ3n) is 1.83. The lowest BCUT2D eigenvalue weighted by Crippen LogP contribution is -2.06. The standard InChI is InChI=1S/C11H15BrO2/c1-3-10-5-4-6-11(7-10)14-8-13-9(2)12/h4-7,9H,3,8H2,1-2H3. The molecule has 14 heavy (non-hydrogen) atoms. The summed E-state index contributed by atoms with van der Waals surface area (Å²) in [6.45, 7) is 4.31. The summed E-state index contributed by atoms with van der Waals surface area (Å²) in [6.07, 6.45) is 1.02. The van der Waals surface area contributed by atoms with E-state index in [4.69, 9.17) is 9.47 Å². The van der Waals surface area contributed by atoms with Gasteiger partial charge in [-0.2, -0.15) is 0 Å². The summed E-state index contributed by atoms with van der Waals surface area (Å²) in [5.74, 6) is 0.859. The minimum Gasteiger partial charge on any atom is -0.468 e. The summed E-state index contributed by atoms with van der Waals surface area (Å²) in [7, 11) is 0. The molecule has 0 saturated heterocycles. The van der Waals surface area contributed by atoms with E-state index in [1.807, 2.05) is 25.1 Å². The van der Waals surface area contributed by atoms with E-state index in [0.29, 0.717) is 0 Å². The van der Waals surface area contributed by atoms with Crippen molar-refractivity contribution in [2.24, 2.45) is 0 Å². The molecule has 0 aromatic heterocycles. The molecule has 1 unspecified atom stereocenters. The van der Waals surface area contributed by atoms with Crippen molar-refractivity contribution in [2.45, 2.75) is 25.3 Å². The van der Waals surface area contributed by atoms with Crippen LogP contribution in [0.4, 0.5) is 0 Å². The summed E-state index contributed by atoms with van der Waals surface area (Å²) in [5.41, 5.74) is 1.27. The Morgan fingerprint density at radius 2 is 2.21 bits per heavy atom. The number of hydrogen-bond acceptors (Lipinski definition) is 2. The summed E-state index contributed by atoms with van der Waals surface area (Å²) in [6, 6.07) is 8.04. The van der Waals surface area contributed by atoms with Gasteiger partial charge in [0.15, 0.2) is 6.79 Å². The zero-order valence-electron chi connectivity index (χ0n) is 8.50. The van der Waals surface area contributed by atoms with Crippen molar-refractivity contribution in [3.63, 3.8) is 0 Å². The molecular formula is C11H15BrO2. The fourth-order valence-electron chi connectivity index (χ4n) is 1.05. The van der Waals surface area contributed by atoms with Gasteiger partial charge < -0.3 is 9.47 Å². The lowest BCUT2D eigenvalue weighted by molar-refractivity contribution is 0.0105. The molecule has 1 aromatic carbocycles. The first-order chi connectivity index (χ1) is 6.72. The first-order valence-corrected chi connectivity index (χ1v) is 5.61. The maximum absolute atomic E-state index is 5.41. The average Bonchev–Trinajstić information content (AvgIpc) is 2.18. The number of ether oxygens (including phenoxy) is 2. The minimum absolute atomic E-state index is 0.0249. The molecule has 0 N–H and O–H groups in total. The molecular weight excluding hydrogens is 244 g/mol. The highest BCUT2D eigenvalue weighted by molar-refractivity contribution is 9.09. The van der Waals surface area contributed by atoms with E-state index in [-0.39, 0.29) is 11.8 Å². The Morgan fingerprint density at radius 3 is 2.86 bits per heavy atom. The maximum Gasteiger partial charge on any atom is 0.190 e. The van der Waals surface area contributed by atoms with Gasteiger partial charge >= 0.3 is 0 Å². The molecule has 0 amide bonds. The Labute approximate surface area is 93.4 Å². The van der Waals surface area contributed by atoms with Gasteiger partial charge in [-0.3, -0.25) is 0 Å². The summed E-state index contributed by atoms with van der Waals surface area (Å²) < 4.78 is 10.6. The molecule has 0 aliphatic heterocycles. The Bertz CT molecular complexity index is 274. The predicted molar refractivity (Wildman–Crippen MR) is 60.8 cm³/mol. The first-order valence-electron chi connectivity index (χ1n) is 4.69. The van der Waals surface area contributed by atoms with Crippen LogP contribution in [0.15, 0.2) is 24.3 Å². The summed E-state index contributed by atoms with van der Waals surface area (Å²) in [5, 5.41) is 0.0249. The van der Waals surface area contributed by atoms with Crippen LogP contribution in [0.1, 0.15) is 19.4 Å². The Hall–Kier alpha value is -0.540. The first kappa shape index (κ1) is 11.5. The van der Waals surface area contributed by atoms with Crippen LogP contribution in [0, 0.1) is 0 Å². The maximum atomic E-state index is 5.41.